The Morgan fingerprint density at radius 3 is 2.40 bits per heavy atom. The van der Waals surface area contributed by atoms with Crippen molar-refractivity contribution >= 4 is 22.9 Å². The molecule has 0 unspecified atom stereocenters. The van der Waals surface area contributed by atoms with Crippen LogP contribution in [0, 0.1) is 13.8 Å². The maximum absolute atomic E-state index is 5.93. The molecule has 1 heterocycles. The van der Waals surface area contributed by atoms with Crippen LogP contribution in [0.4, 0.5) is 5.69 Å². The molecular formula is C16H25N3S. The van der Waals surface area contributed by atoms with E-state index in [1.54, 1.807) is 0 Å². The summed E-state index contributed by atoms with van der Waals surface area (Å²) in [5, 5.41) is 0. The Balaban J connectivity index is 2.37. The van der Waals surface area contributed by atoms with Crippen molar-refractivity contribution in [3.05, 3.63) is 23.0 Å². The summed E-state index contributed by atoms with van der Waals surface area (Å²) in [4.78, 5) is 7.33. The van der Waals surface area contributed by atoms with Gasteiger partial charge in [0.1, 0.15) is 4.99 Å². The standard InChI is InChI=1S/C16H25N3S/c1-11-10-14(15(16(17)20)12(2)18-11)19(3)13-8-6-4-5-7-9-13/h10,13H,4-9H2,1-3H3,(H2,17,20). The molecule has 1 aliphatic rings. The van der Waals surface area contributed by atoms with Crippen LogP contribution in [0.15, 0.2) is 6.07 Å². The minimum Gasteiger partial charge on any atom is -0.389 e. The van der Waals surface area contributed by atoms with Crippen LogP contribution in [0.25, 0.3) is 0 Å². The number of nitrogens with zero attached hydrogens (tertiary/aromatic N) is 2. The summed E-state index contributed by atoms with van der Waals surface area (Å²) in [6, 6.07) is 2.71. The maximum Gasteiger partial charge on any atom is 0.107 e. The largest absolute Gasteiger partial charge is 0.389 e. The lowest BCUT2D eigenvalue weighted by molar-refractivity contribution is 0.552. The van der Waals surface area contributed by atoms with Crippen molar-refractivity contribution in [2.75, 3.05) is 11.9 Å². The summed E-state index contributed by atoms with van der Waals surface area (Å²) >= 11 is 5.24. The predicted molar refractivity (Wildman–Crippen MR) is 89.5 cm³/mol. The van der Waals surface area contributed by atoms with Crippen LogP contribution in [0.3, 0.4) is 0 Å². The van der Waals surface area contributed by atoms with Crippen LogP contribution in [0.5, 0.6) is 0 Å². The van der Waals surface area contributed by atoms with Gasteiger partial charge in [0, 0.05) is 24.5 Å². The normalized spacial score (nSPS) is 16.8. The minimum atomic E-state index is 0.450. The lowest BCUT2D eigenvalue weighted by Gasteiger charge is -2.31. The quantitative estimate of drug-likeness (QED) is 0.684. The Labute approximate surface area is 127 Å². The maximum atomic E-state index is 5.93. The molecule has 2 N–H and O–H groups in total. The molecule has 110 valence electrons. The Morgan fingerprint density at radius 2 is 1.85 bits per heavy atom. The first kappa shape index (κ1) is 15.2. The number of hydrogen-bond acceptors (Lipinski definition) is 3. The summed E-state index contributed by atoms with van der Waals surface area (Å²) in [6.07, 6.45) is 7.88. The molecule has 20 heavy (non-hydrogen) atoms. The van der Waals surface area contributed by atoms with Gasteiger partial charge in [0.25, 0.3) is 0 Å². The number of rotatable bonds is 3. The third-order valence-corrected chi connectivity index (χ3v) is 4.51. The molecule has 0 atom stereocenters. The SMILES string of the molecule is Cc1cc(N(C)C2CCCCCC2)c(C(N)=S)c(C)n1. The van der Waals surface area contributed by atoms with E-state index in [1.807, 2.05) is 13.8 Å². The zero-order valence-corrected chi connectivity index (χ0v) is 13.6. The molecule has 0 aliphatic heterocycles. The van der Waals surface area contributed by atoms with Gasteiger partial charge in [-0.3, -0.25) is 4.98 Å². The minimum absolute atomic E-state index is 0.450. The molecule has 3 nitrogen and oxygen atoms in total. The Morgan fingerprint density at radius 1 is 1.25 bits per heavy atom. The molecule has 1 fully saturated rings. The molecule has 0 radical (unpaired) electrons. The average molecular weight is 291 g/mol. The van der Waals surface area contributed by atoms with Crippen LogP contribution in [0.1, 0.15) is 55.5 Å². The van der Waals surface area contributed by atoms with E-state index in [0.29, 0.717) is 11.0 Å². The monoisotopic (exact) mass is 291 g/mol. The van der Waals surface area contributed by atoms with Gasteiger partial charge in [-0.1, -0.05) is 37.9 Å². The number of pyridine rings is 1. The molecule has 0 aromatic carbocycles. The third kappa shape index (κ3) is 3.29. The van der Waals surface area contributed by atoms with Gasteiger partial charge >= 0.3 is 0 Å². The fourth-order valence-corrected chi connectivity index (χ4v) is 3.48. The van der Waals surface area contributed by atoms with Crippen LogP contribution in [-0.4, -0.2) is 23.1 Å². The van der Waals surface area contributed by atoms with Crippen LogP contribution >= 0.6 is 12.2 Å². The van der Waals surface area contributed by atoms with E-state index in [2.05, 4.69) is 23.0 Å². The number of nitrogens with two attached hydrogens (primary N) is 1. The van der Waals surface area contributed by atoms with E-state index in [-0.39, 0.29) is 0 Å². The summed E-state index contributed by atoms with van der Waals surface area (Å²) in [5.74, 6) is 0. The van der Waals surface area contributed by atoms with Gasteiger partial charge in [-0.25, -0.2) is 0 Å². The van der Waals surface area contributed by atoms with Crippen molar-refractivity contribution in [1.82, 2.24) is 4.98 Å². The molecular weight excluding hydrogens is 266 g/mol. The van der Waals surface area contributed by atoms with Crippen LogP contribution in [0.2, 0.25) is 0 Å². The molecule has 0 bridgehead atoms. The lowest BCUT2D eigenvalue weighted by Crippen LogP contribution is -2.33. The lowest BCUT2D eigenvalue weighted by atomic mass is 10.0. The van der Waals surface area contributed by atoms with E-state index >= 15 is 0 Å². The highest BCUT2D eigenvalue weighted by molar-refractivity contribution is 7.80. The zero-order valence-electron chi connectivity index (χ0n) is 12.8. The van der Waals surface area contributed by atoms with E-state index < -0.39 is 0 Å². The van der Waals surface area contributed by atoms with Gasteiger partial charge in [0.15, 0.2) is 0 Å². The highest BCUT2D eigenvalue weighted by Crippen LogP contribution is 2.29. The summed E-state index contributed by atoms with van der Waals surface area (Å²) in [6.45, 7) is 4.02. The molecule has 1 aliphatic carbocycles. The molecule has 1 aromatic heterocycles. The predicted octanol–water partition coefficient (Wildman–Crippen LogP) is 3.49. The first-order chi connectivity index (χ1) is 9.50. The van der Waals surface area contributed by atoms with Gasteiger partial charge in [-0.15, -0.1) is 0 Å². The van der Waals surface area contributed by atoms with E-state index in [1.165, 1.54) is 38.5 Å². The van der Waals surface area contributed by atoms with E-state index in [4.69, 9.17) is 18.0 Å². The first-order valence-corrected chi connectivity index (χ1v) is 7.92. The summed E-state index contributed by atoms with van der Waals surface area (Å²) in [7, 11) is 2.17. The smallest absolute Gasteiger partial charge is 0.107 e. The fourth-order valence-electron chi connectivity index (χ4n) is 3.23. The highest BCUT2D eigenvalue weighted by Gasteiger charge is 2.21. The van der Waals surface area contributed by atoms with Crippen LogP contribution < -0.4 is 10.6 Å². The van der Waals surface area contributed by atoms with Gasteiger partial charge in [-0.05, 0) is 32.8 Å². The Bertz CT molecular complexity index is 491. The molecule has 1 aromatic rings. The molecule has 4 heteroatoms. The number of hydrogen-bond donors (Lipinski definition) is 1. The first-order valence-electron chi connectivity index (χ1n) is 7.51. The second-order valence-corrected chi connectivity index (χ2v) is 6.30. The summed E-state index contributed by atoms with van der Waals surface area (Å²) in [5.41, 5.74) is 9.98. The summed E-state index contributed by atoms with van der Waals surface area (Å²) < 4.78 is 0. The fraction of sp³-hybridized carbons (Fsp3) is 0.625. The number of aromatic nitrogens is 1. The third-order valence-electron chi connectivity index (χ3n) is 4.31. The Kier molecular flexibility index (Phi) is 4.97. The second kappa shape index (κ2) is 6.53. The second-order valence-electron chi connectivity index (χ2n) is 5.86. The van der Waals surface area contributed by atoms with Gasteiger partial charge < -0.3 is 10.6 Å². The molecule has 1 saturated carbocycles. The van der Waals surface area contributed by atoms with Crippen LogP contribution in [-0.2, 0) is 0 Å². The zero-order chi connectivity index (χ0) is 14.7. The van der Waals surface area contributed by atoms with Crippen molar-refractivity contribution < 1.29 is 0 Å². The van der Waals surface area contributed by atoms with Gasteiger partial charge in [-0.2, -0.15) is 0 Å². The van der Waals surface area contributed by atoms with Gasteiger partial charge in [0.2, 0.25) is 0 Å². The highest BCUT2D eigenvalue weighted by atomic mass is 32.1. The number of anilines is 1. The number of thiocarbonyl (C=S) groups is 1. The molecule has 0 spiro atoms. The van der Waals surface area contributed by atoms with Crippen molar-refractivity contribution in [3.8, 4) is 0 Å². The van der Waals surface area contributed by atoms with E-state index in [0.717, 1.165) is 22.6 Å². The molecule has 0 saturated heterocycles. The van der Waals surface area contributed by atoms with Gasteiger partial charge in [0.05, 0.1) is 11.3 Å². The van der Waals surface area contributed by atoms with Crippen molar-refractivity contribution in [3.63, 3.8) is 0 Å². The molecule has 2 rings (SSSR count). The van der Waals surface area contributed by atoms with Crippen molar-refractivity contribution in [2.24, 2.45) is 5.73 Å². The van der Waals surface area contributed by atoms with Crippen molar-refractivity contribution in [1.29, 1.82) is 0 Å². The number of aryl methyl sites for hydroxylation is 2. The van der Waals surface area contributed by atoms with E-state index in [9.17, 15) is 0 Å². The Hall–Kier alpha value is -1.16. The van der Waals surface area contributed by atoms with Crippen molar-refractivity contribution in [2.45, 2.75) is 58.4 Å². The average Bonchev–Trinajstić information content (AvgIpc) is 2.65. The molecule has 0 amide bonds. The topological polar surface area (TPSA) is 42.1 Å².